The van der Waals surface area contributed by atoms with Gasteiger partial charge in [-0.2, -0.15) is 0 Å². The molecule has 0 bridgehead atoms. The summed E-state index contributed by atoms with van der Waals surface area (Å²) in [5, 5.41) is 3.80. The lowest BCUT2D eigenvalue weighted by atomic mass is 10.0. The van der Waals surface area contributed by atoms with Crippen LogP contribution in [-0.2, 0) is 0 Å². The first kappa shape index (κ1) is 10.4. The summed E-state index contributed by atoms with van der Waals surface area (Å²) in [4.78, 5) is 2.56. The Kier molecular flexibility index (Phi) is 3.45. The summed E-state index contributed by atoms with van der Waals surface area (Å²) in [6.45, 7) is 8.45. The van der Waals surface area contributed by atoms with Gasteiger partial charge in [-0.3, -0.25) is 0 Å². The fourth-order valence-corrected chi connectivity index (χ4v) is 2.52. The third-order valence-corrected chi connectivity index (χ3v) is 3.86. The van der Waals surface area contributed by atoms with E-state index in [-0.39, 0.29) is 0 Å². The van der Waals surface area contributed by atoms with Gasteiger partial charge in [0.25, 0.3) is 0 Å². The first-order valence-corrected chi connectivity index (χ1v) is 6.28. The quantitative estimate of drug-likeness (QED) is 0.738. The number of rotatable bonds is 4. The Hall–Kier alpha value is -0.0800. The Labute approximate surface area is 88.1 Å². The van der Waals surface area contributed by atoms with E-state index in [4.69, 9.17) is 0 Å². The molecule has 1 atom stereocenters. The molecule has 2 fully saturated rings. The molecule has 2 nitrogen and oxygen atoms in total. The maximum atomic E-state index is 3.80. The average molecular weight is 196 g/mol. The minimum Gasteiger partial charge on any atom is -0.311 e. The van der Waals surface area contributed by atoms with E-state index in [2.05, 4.69) is 24.1 Å². The number of nitrogens with one attached hydrogen (secondary N) is 1. The van der Waals surface area contributed by atoms with Crippen molar-refractivity contribution in [2.45, 2.75) is 51.6 Å². The van der Waals surface area contributed by atoms with Gasteiger partial charge in [-0.05, 0) is 58.2 Å². The van der Waals surface area contributed by atoms with Crippen LogP contribution in [0.4, 0.5) is 0 Å². The van der Waals surface area contributed by atoms with Crippen molar-refractivity contribution < 1.29 is 0 Å². The van der Waals surface area contributed by atoms with Crippen LogP contribution in [0.5, 0.6) is 0 Å². The molecule has 0 spiro atoms. The molecule has 0 aromatic rings. The lowest BCUT2D eigenvalue weighted by Gasteiger charge is -2.33. The molecule has 1 N–H and O–H groups in total. The van der Waals surface area contributed by atoms with Gasteiger partial charge in [-0.1, -0.05) is 6.92 Å². The summed E-state index contributed by atoms with van der Waals surface area (Å²) in [6, 6.07) is 1.57. The zero-order chi connectivity index (χ0) is 9.97. The highest BCUT2D eigenvalue weighted by Crippen LogP contribution is 2.32. The summed E-state index contributed by atoms with van der Waals surface area (Å²) in [5.41, 5.74) is 0. The highest BCUT2D eigenvalue weighted by molar-refractivity contribution is 4.87. The molecular weight excluding hydrogens is 172 g/mol. The van der Waals surface area contributed by atoms with Gasteiger partial charge in [-0.15, -0.1) is 0 Å². The fraction of sp³-hybridized carbons (Fsp3) is 1.00. The van der Waals surface area contributed by atoms with E-state index < -0.39 is 0 Å². The molecule has 1 heterocycles. The van der Waals surface area contributed by atoms with Gasteiger partial charge < -0.3 is 10.2 Å². The highest BCUT2D eigenvalue weighted by atomic mass is 15.1. The monoisotopic (exact) mass is 196 g/mol. The number of hydrogen-bond acceptors (Lipinski definition) is 2. The second kappa shape index (κ2) is 4.63. The van der Waals surface area contributed by atoms with E-state index in [1.807, 2.05) is 0 Å². The van der Waals surface area contributed by atoms with Crippen molar-refractivity contribution in [2.24, 2.45) is 5.92 Å². The predicted octanol–water partition coefficient (Wildman–Crippen LogP) is 1.86. The molecule has 0 radical (unpaired) electrons. The lowest BCUT2D eigenvalue weighted by Crippen LogP contribution is -2.45. The van der Waals surface area contributed by atoms with Gasteiger partial charge >= 0.3 is 0 Å². The SMILES string of the molecule is CCN1CCC(NC(C)C2CC2)CC1. The molecule has 1 aliphatic heterocycles. The zero-order valence-corrected chi connectivity index (χ0v) is 9.63. The van der Waals surface area contributed by atoms with Gasteiger partial charge in [0.2, 0.25) is 0 Å². The van der Waals surface area contributed by atoms with Crippen molar-refractivity contribution in [1.82, 2.24) is 10.2 Å². The number of piperidine rings is 1. The summed E-state index contributed by atoms with van der Waals surface area (Å²) in [6.07, 6.45) is 5.62. The van der Waals surface area contributed by atoms with Crippen molar-refractivity contribution >= 4 is 0 Å². The maximum absolute atomic E-state index is 3.80. The first-order chi connectivity index (χ1) is 6.79. The van der Waals surface area contributed by atoms with Crippen molar-refractivity contribution in [1.29, 1.82) is 0 Å². The molecule has 0 amide bonds. The van der Waals surface area contributed by atoms with Crippen LogP contribution >= 0.6 is 0 Å². The minimum atomic E-state index is 0.771. The molecule has 2 rings (SSSR count). The van der Waals surface area contributed by atoms with E-state index in [0.717, 1.165) is 18.0 Å². The zero-order valence-electron chi connectivity index (χ0n) is 9.63. The van der Waals surface area contributed by atoms with Crippen molar-refractivity contribution in [3.8, 4) is 0 Å². The van der Waals surface area contributed by atoms with Gasteiger partial charge in [0.1, 0.15) is 0 Å². The third-order valence-electron chi connectivity index (χ3n) is 3.86. The summed E-state index contributed by atoms with van der Waals surface area (Å²) in [7, 11) is 0. The molecule has 1 saturated heterocycles. The minimum absolute atomic E-state index is 0.771. The Morgan fingerprint density at radius 3 is 2.36 bits per heavy atom. The molecule has 82 valence electrons. The normalized spacial score (nSPS) is 27.9. The largest absolute Gasteiger partial charge is 0.311 e. The number of nitrogens with zero attached hydrogens (tertiary/aromatic N) is 1. The van der Waals surface area contributed by atoms with Crippen LogP contribution in [0.15, 0.2) is 0 Å². The van der Waals surface area contributed by atoms with E-state index in [1.165, 1.54) is 45.3 Å². The van der Waals surface area contributed by atoms with E-state index in [0.29, 0.717) is 0 Å². The van der Waals surface area contributed by atoms with Crippen LogP contribution in [0.3, 0.4) is 0 Å². The van der Waals surface area contributed by atoms with E-state index in [1.54, 1.807) is 0 Å². The molecule has 0 aromatic carbocycles. The molecule has 2 aliphatic rings. The van der Waals surface area contributed by atoms with Crippen molar-refractivity contribution in [3.63, 3.8) is 0 Å². The molecule has 1 aliphatic carbocycles. The van der Waals surface area contributed by atoms with Crippen LogP contribution in [0.2, 0.25) is 0 Å². The summed E-state index contributed by atoms with van der Waals surface area (Å²) < 4.78 is 0. The van der Waals surface area contributed by atoms with Crippen LogP contribution in [0.1, 0.15) is 39.5 Å². The Bertz CT molecular complexity index is 169. The summed E-state index contributed by atoms with van der Waals surface area (Å²) >= 11 is 0. The molecule has 2 heteroatoms. The topological polar surface area (TPSA) is 15.3 Å². The highest BCUT2D eigenvalue weighted by Gasteiger charge is 2.29. The van der Waals surface area contributed by atoms with E-state index in [9.17, 15) is 0 Å². The maximum Gasteiger partial charge on any atom is 0.00940 e. The Balaban J connectivity index is 1.67. The first-order valence-electron chi connectivity index (χ1n) is 6.28. The number of likely N-dealkylation sites (tertiary alicyclic amines) is 1. The molecule has 1 saturated carbocycles. The van der Waals surface area contributed by atoms with Gasteiger partial charge in [0, 0.05) is 12.1 Å². The molecule has 0 aromatic heterocycles. The van der Waals surface area contributed by atoms with Crippen LogP contribution in [-0.4, -0.2) is 36.6 Å². The van der Waals surface area contributed by atoms with Gasteiger partial charge in [0.05, 0.1) is 0 Å². The second-order valence-corrected chi connectivity index (χ2v) is 5.00. The molecule has 1 unspecified atom stereocenters. The van der Waals surface area contributed by atoms with Crippen molar-refractivity contribution in [2.75, 3.05) is 19.6 Å². The number of hydrogen-bond donors (Lipinski definition) is 1. The van der Waals surface area contributed by atoms with E-state index >= 15 is 0 Å². The fourth-order valence-electron chi connectivity index (χ4n) is 2.52. The van der Waals surface area contributed by atoms with Crippen LogP contribution < -0.4 is 5.32 Å². The van der Waals surface area contributed by atoms with Gasteiger partial charge in [-0.25, -0.2) is 0 Å². The Morgan fingerprint density at radius 2 is 1.86 bits per heavy atom. The third kappa shape index (κ3) is 2.71. The Morgan fingerprint density at radius 1 is 1.21 bits per heavy atom. The average Bonchev–Trinajstić information content (AvgIpc) is 3.02. The second-order valence-electron chi connectivity index (χ2n) is 5.00. The standard InChI is InChI=1S/C12H24N2/c1-3-14-8-6-12(7-9-14)13-10(2)11-4-5-11/h10-13H,3-9H2,1-2H3. The predicted molar refractivity (Wildman–Crippen MR) is 60.5 cm³/mol. The van der Waals surface area contributed by atoms with Crippen molar-refractivity contribution in [3.05, 3.63) is 0 Å². The van der Waals surface area contributed by atoms with Gasteiger partial charge in [0.15, 0.2) is 0 Å². The van der Waals surface area contributed by atoms with Crippen LogP contribution in [0, 0.1) is 5.92 Å². The smallest absolute Gasteiger partial charge is 0.00940 e. The van der Waals surface area contributed by atoms with Crippen LogP contribution in [0.25, 0.3) is 0 Å². The molecular formula is C12H24N2. The lowest BCUT2D eigenvalue weighted by molar-refractivity contribution is 0.197. The summed E-state index contributed by atoms with van der Waals surface area (Å²) in [5.74, 6) is 0.999. The molecule has 14 heavy (non-hydrogen) atoms.